The van der Waals surface area contributed by atoms with E-state index in [1.54, 1.807) is 31.5 Å². The van der Waals surface area contributed by atoms with E-state index in [-0.39, 0.29) is 30.0 Å². The highest BCUT2D eigenvalue weighted by Gasteiger charge is 2.39. The number of aromatic nitrogens is 6. The van der Waals surface area contributed by atoms with Crippen LogP contribution in [0.2, 0.25) is 0 Å². The highest BCUT2D eigenvalue weighted by atomic mass is 19.4. The molecule has 3 heterocycles. The van der Waals surface area contributed by atoms with Gasteiger partial charge in [-0.3, -0.25) is 14.8 Å². The molecule has 8 nitrogen and oxygen atoms in total. The van der Waals surface area contributed by atoms with Crippen molar-refractivity contribution in [1.29, 1.82) is 0 Å². The predicted octanol–water partition coefficient (Wildman–Crippen LogP) is 5.77. The van der Waals surface area contributed by atoms with Gasteiger partial charge in [-0.1, -0.05) is 0 Å². The molecule has 1 aromatic carbocycles. The summed E-state index contributed by atoms with van der Waals surface area (Å²) in [4.78, 5) is 28.7. The van der Waals surface area contributed by atoms with E-state index in [9.17, 15) is 31.1 Å². The highest BCUT2D eigenvalue weighted by Crippen LogP contribution is 2.38. The van der Waals surface area contributed by atoms with Crippen LogP contribution in [0.3, 0.4) is 0 Å². The molecule has 1 aliphatic carbocycles. The largest absolute Gasteiger partial charge is 0.416 e. The Labute approximate surface area is 223 Å². The van der Waals surface area contributed by atoms with E-state index in [1.807, 2.05) is 0 Å². The molecule has 0 saturated heterocycles. The third-order valence-electron chi connectivity index (χ3n) is 6.46. The molecule has 1 saturated carbocycles. The predicted molar refractivity (Wildman–Crippen MR) is 129 cm³/mol. The third-order valence-corrected chi connectivity index (χ3v) is 6.46. The van der Waals surface area contributed by atoms with Crippen LogP contribution < -0.4 is 0 Å². The Kier molecular flexibility index (Phi) is 7.02. The molecule has 1 amide bonds. The topological polar surface area (TPSA) is 89.7 Å². The van der Waals surface area contributed by atoms with E-state index >= 15 is 0 Å². The maximum Gasteiger partial charge on any atom is 0.416 e. The quantitative estimate of drug-likeness (QED) is 0.266. The summed E-state index contributed by atoms with van der Waals surface area (Å²) in [6, 6.07) is 3.49. The van der Waals surface area contributed by atoms with Crippen LogP contribution in [0.4, 0.5) is 26.3 Å². The molecular formula is C26H21F6N7O. The van der Waals surface area contributed by atoms with Gasteiger partial charge in [-0.15, -0.1) is 9.90 Å². The Morgan fingerprint density at radius 1 is 1.00 bits per heavy atom. The van der Waals surface area contributed by atoms with Gasteiger partial charge < -0.3 is 4.90 Å². The molecule has 1 unspecified atom stereocenters. The molecule has 0 bridgehead atoms. The maximum atomic E-state index is 13.6. The van der Waals surface area contributed by atoms with Crippen molar-refractivity contribution in [2.75, 3.05) is 6.54 Å². The number of pyridine rings is 1. The molecule has 0 N–H and O–H groups in total. The number of alkyl halides is 6. The molecule has 1 fully saturated rings. The minimum Gasteiger partial charge on any atom is -0.330 e. The summed E-state index contributed by atoms with van der Waals surface area (Å²) in [6.45, 7) is 1.69. The van der Waals surface area contributed by atoms with E-state index in [1.165, 1.54) is 28.3 Å². The van der Waals surface area contributed by atoms with Gasteiger partial charge in [0.15, 0.2) is 5.82 Å². The van der Waals surface area contributed by atoms with Crippen LogP contribution in [0.15, 0.2) is 61.3 Å². The average molecular weight is 561 g/mol. The summed E-state index contributed by atoms with van der Waals surface area (Å²) >= 11 is 0. The van der Waals surface area contributed by atoms with Crippen LogP contribution in [0, 0.1) is 5.92 Å². The second kappa shape index (κ2) is 10.3. The van der Waals surface area contributed by atoms with Gasteiger partial charge in [-0.25, -0.2) is 4.98 Å². The molecular weight excluding hydrogens is 540 g/mol. The van der Waals surface area contributed by atoms with E-state index < -0.39 is 41.0 Å². The first-order valence-electron chi connectivity index (χ1n) is 12.2. The number of benzene rings is 1. The Balaban J connectivity index is 1.53. The lowest BCUT2D eigenvalue weighted by Gasteiger charge is -2.30. The Bertz CT molecular complexity index is 1480. The number of rotatable bonds is 7. The number of hydrogen-bond donors (Lipinski definition) is 0. The number of amides is 1. The number of carbonyl (C=O) groups excluding carboxylic acids is 1. The van der Waals surface area contributed by atoms with Gasteiger partial charge in [0, 0.05) is 42.5 Å². The summed E-state index contributed by atoms with van der Waals surface area (Å²) in [5.74, 6) is -0.782. The van der Waals surface area contributed by atoms with Crippen LogP contribution in [0.5, 0.6) is 0 Å². The molecule has 0 spiro atoms. The van der Waals surface area contributed by atoms with E-state index in [4.69, 9.17) is 0 Å². The standard InChI is InChI=1S/C26H21F6N7O/c1-15(22-23(35-8-7-34-22)39-36-13-21(37-39)17-3-2-6-33-12-17)38(14-16-4-5-16)24(40)18-9-19(25(27,28)29)11-20(10-18)26(30,31)32/h2-3,6-13,15-16H,4-5,14H2,1H3. The molecule has 208 valence electrons. The van der Waals surface area contributed by atoms with Crippen molar-refractivity contribution < 1.29 is 31.1 Å². The zero-order valence-corrected chi connectivity index (χ0v) is 20.9. The van der Waals surface area contributed by atoms with Gasteiger partial charge in [0.1, 0.15) is 11.4 Å². The first-order valence-corrected chi connectivity index (χ1v) is 12.2. The van der Waals surface area contributed by atoms with E-state index in [2.05, 4.69) is 25.1 Å². The monoisotopic (exact) mass is 561 g/mol. The lowest BCUT2D eigenvalue weighted by molar-refractivity contribution is -0.143. The van der Waals surface area contributed by atoms with Crippen molar-refractivity contribution in [3.05, 3.63) is 83.7 Å². The van der Waals surface area contributed by atoms with Crippen molar-refractivity contribution in [2.45, 2.75) is 38.2 Å². The Hall–Kier alpha value is -4.36. The minimum absolute atomic E-state index is 0.00453. The summed E-state index contributed by atoms with van der Waals surface area (Å²) in [5, 5.41) is 8.66. The molecule has 0 radical (unpaired) electrons. The van der Waals surface area contributed by atoms with Gasteiger partial charge in [0.25, 0.3) is 5.91 Å². The van der Waals surface area contributed by atoms with Gasteiger partial charge in [-0.2, -0.15) is 31.4 Å². The van der Waals surface area contributed by atoms with Gasteiger partial charge in [0.05, 0.1) is 23.4 Å². The van der Waals surface area contributed by atoms with Crippen LogP contribution in [0.1, 0.15) is 53.0 Å². The van der Waals surface area contributed by atoms with Crippen LogP contribution in [0.25, 0.3) is 17.1 Å². The number of nitrogens with zero attached hydrogens (tertiary/aromatic N) is 7. The summed E-state index contributed by atoms with van der Waals surface area (Å²) in [5.41, 5.74) is -2.47. The van der Waals surface area contributed by atoms with Crippen LogP contribution >= 0.6 is 0 Å². The molecule has 0 aliphatic heterocycles. The molecule has 5 rings (SSSR count). The van der Waals surface area contributed by atoms with Gasteiger partial charge in [0.2, 0.25) is 0 Å². The smallest absolute Gasteiger partial charge is 0.330 e. The molecule has 1 atom stereocenters. The Morgan fingerprint density at radius 3 is 2.27 bits per heavy atom. The van der Waals surface area contributed by atoms with Gasteiger partial charge in [-0.05, 0) is 56.0 Å². The van der Waals surface area contributed by atoms with Crippen LogP contribution in [-0.2, 0) is 12.4 Å². The first-order chi connectivity index (χ1) is 18.9. The molecule has 40 heavy (non-hydrogen) atoms. The fourth-order valence-corrected chi connectivity index (χ4v) is 4.19. The zero-order valence-electron chi connectivity index (χ0n) is 20.9. The normalized spacial score (nSPS) is 14.7. The van der Waals surface area contributed by atoms with Gasteiger partial charge >= 0.3 is 12.4 Å². The summed E-state index contributed by atoms with van der Waals surface area (Å²) < 4.78 is 80.9. The van der Waals surface area contributed by atoms with E-state index in [0.717, 1.165) is 12.8 Å². The Morgan fingerprint density at radius 2 is 1.68 bits per heavy atom. The van der Waals surface area contributed by atoms with Crippen molar-refractivity contribution in [3.8, 4) is 17.1 Å². The first kappa shape index (κ1) is 27.2. The number of halogens is 6. The summed E-state index contributed by atoms with van der Waals surface area (Å²) in [7, 11) is 0. The van der Waals surface area contributed by atoms with Crippen molar-refractivity contribution in [1.82, 2.24) is 34.8 Å². The molecule has 3 aromatic heterocycles. The lowest BCUT2D eigenvalue weighted by atomic mass is 10.0. The SMILES string of the molecule is CC(c1nccnc1-n1ncc(-c2cccnc2)n1)N(CC1CC1)C(=O)c1cc(C(F)(F)F)cc(C(F)(F)F)c1. The lowest BCUT2D eigenvalue weighted by Crippen LogP contribution is -2.36. The molecule has 4 aromatic rings. The fourth-order valence-electron chi connectivity index (χ4n) is 4.19. The van der Waals surface area contributed by atoms with Crippen molar-refractivity contribution in [2.24, 2.45) is 5.92 Å². The van der Waals surface area contributed by atoms with E-state index in [0.29, 0.717) is 23.4 Å². The second-order valence-corrected chi connectivity index (χ2v) is 9.40. The summed E-state index contributed by atoms with van der Waals surface area (Å²) in [6.07, 6.45) is -1.20. The average Bonchev–Trinajstić information content (AvgIpc) is 3.62. The zero-order chi connectivity index (χ0) is 28.7. The maximum absolute atomic E-state index is 13.6. The highest BCUT2D eigenvalue weighted by molar-refractivity contribution is 5.95. The number of carbonyl (C=O) groups is 1. The van der Waals surface area contributed by atoms with Crippen molar-refractivity contribution in [3.63, 3.8) is 0 Å². The molecule has 1 aliphatic rings. The number of hydrogen-bond acceptors (Lipinski definition) is 6. The van der Waals surface area contributed by atoms with Crippen LogP contribution in [-0.4, -0.2) is 47.3 Å². The molecule has 14 heteroatoms. The minimum atomic E-state index is -5.08. The second-order valence-electron chi connectivity index (χ2n) is 9.40. The fraction of sp³-hybridized carbons (Fsp3) is 0.308. The third kappa shape index (κ3) is 5.80. The van der Waals surface area contributed by atoms with Crippen molar-refractivity contribution >= 4 is 5.91 Å².